The first-order chi connectivity index (χ1) is 18.1. The predicted octanol–water partition coefficient (Wildman–Crippen LogP) is 5.37. The van der Waals surface area contributed by atoms with Gasteiger partial charge in [0.1, 0.15) is 6.54 Å². The topological polar surface area (TPSA) is 83.8 Å². The Balaban J connectivity index is 1.58. The Labute approximate surface area is 224 Å². The van der Waals surface area contributed by atoms with Gasteiger partial charge in [0.15, 0.2) is 0 Å². The van der Waals surface area contributed by atoms with Crippen molar-refractivity contribution in [2.24, 2.45) is 5.10 Å². The number of amides is 1. The Kier molecular flexibility index (Phi) is 7.83. The molecule has 4 aromatic rings. The minimum atomic E-state index is -3.98. The van der Waals surface area contributed by atoms with Crippen molar-refractivity contribution in [1.82, 2.24) is 9.99 Å². The third-order valence-corrected chi connectivity index (χ3v) is 8.30. The van der Waals surface area contributed by atoms with Crippen LogP contribution in [0.5, 0.6) is 0 Å². The van der Waals surface area contributed by atoms with Crippen molar-refractivity contribution < 1.29 is 13.2 Å². The normalized spacial score (nSPS) is 11.6. The molecule has 0 unspecified atom stereocenters. The fraction of sp³-hybridized carbons (Fsp3) is 0.200. The van der Waals surface area contributed by atoms with Crippen molar-refractivity contribution in [1.29, 1.82) is 0 Å². The summed E-state index contributed by atoms with van der Waals surface area (Å²) in [5.41, 5.74) is 10.0. The van der Waals surface area contributed by atoms with Crippen LogP contribution < -0.4 is 9.73 Å². The number of nitrogens with one attached hydrogen (secondary N) is 1. The first kappa shape index (κ1) is 26.9. The lowest BCUT2D eigenvalue weighted by molar-refractivity contribution is -0.119. The van der Waals surface area contributed by atoms with Crippen LogP contribution >= 0.6 is 0 Å². The van der Waals surface area contributed by atoms with Gasteiger partial charge < -0.3 is 4.57 Å². The Morgan fingerprint density at radius 3 is 2.13 bits per heavy atom. The number of carbonyl (C=O) groups excluding carboxylic acids is 1. The van der Waals surface area contributed by atoms with Gasteiger partial charge in [0.25, 0.3) is 15.9 Å². The van der Waals surface area contributed by atoms with Crippen molar-refractivity contribution >= 4 is 27.8 Å². The average Bonchev–Trinajstić information content (AvgIpc) is 3.16. The molecule has 0 aliphatic rings. The van der Waals surface area contributed by atoms with Crippen molar-refractivity contribution in [3.63, 3.8) is 0 Å². The molecule has 0 saturated heterocycles. The summed E-state index contributed by atoms with van der Waals surface area (Å²) >= 11 is 0. The third-order valence-electron chi connectivity index (χ3n) is 6.53. The monoisotopic (exact) mass is 528 g/mol. The average molecular weight is 529 g/mol. The molecule has 0 bridgehead atoms. The lowest BCUT2D eigenvalue weighted by atomic mass is 10.1. The molecule has 0 fully saturated rings. The summed E-state index contributed by atoms with van der Waals surface area (Å²) in [6, 6.07) is 23.4. The molecular formula is C30H32N4O3S. The molecule has 38 heavy (non-hydrogen) atoms. The molecule has 3 aromatic carbocycles. The van der Waals surface area contributed by atoms with E-state index >= 15 is 0 Å². The van der Waals surface area contributed by atoms with Crippen LogP contribution in [0.2, 0.25) is 0 Å². The molecule has 0 aliphatic heterocycles. The summed E-state index contributed by atoms with van der Waals surface area (Å²) in [6.45, 7) is 9.60. The molecule has 0 saturated carbocycles. The molecule has 0 radical (unpaired) electrons. The van der Waals surface area contributed by atoms with Crippen molar-refractivity contribution in [2.75, 3.05) is 10.8 Å². The summed E-state index contributed by atoms with van der Waals surface area (Å²) in [5.74, 6) is -0.549. The fourth-order valence-corrected chi connectivity index (χ4v) is 6.13. The second-order valence-electron chi connectivity index (χ2n) is 9.31. The van der Waals surface area contributed by atoms with Gasteiger partial charge in [-0.05, 0) is 75.6 Å². The molecule has 7 nitrogen and oxygen atoms in total. The van der Waals surface area contributed by atoms with E-state index in [1.54, 1.807) is 36.5 Å². The van der Waals surface area contributed by atoms with Crippen LogP contribution in [0.3, 0.4) is 0 Å². The Morgan fingerprint density at radius 2 is 1.47 bits per heavy atom. The number of aryl methyl sites for hydroxylation is 4. The van der Waals surface area contributed by atoms with Gasteiger partial charge in [0, 0.05) is 17.0 Å². The van der Waals surface area contributed by atoms with Crippen LogP contribution in [0.25, 0.3) is 5.69 Å². The zero-order valence-corrected chi connectivity index (χ0v) is 23.1. The van der Waals surface area contributed by atoms with E-state index in [2.05, 4.69) is 41.1 Å². The van der Waals surface area contributed by atoms with Gasteiger partial charge in [-0.1, -0.05) is 54.6 Å². The number of nitrogens with zero attached hydrogens (tertiary/aromatic N) is 3. The van der Waals surface area contributed by atoms with Gasteiger partial charge in [0.2, 0.25) is 0 Å². The Bertz CT molecular complexity index is 1590. The van der Waals surface area contributed by atoms with Gasteiger partial charge in [-0.15, -0.1) is 0 Å². The largest absolute Gasteiger partial charge is 0.317 e. The smallest absolute Gasteiger partial charge is 0.264 e. The van der Waals surface area contributed by atoms with E-state index in [1.165, 1.54) is 23.3 Å². The van der Waals surface area contributed by atoms with Crippen LogP contribution in [-0.4, -0.2) is 31.7 Å². The van der Waals surface area contributed by atoms with E-state index in [4.69, 9.17) is 0 Å². The number of para-hydroxylation sites is 2. The summed E-state index contributed by atoms with van der Waals surface area (Å²) in [5, 5.41) is 4.16. The zero-order chi connectivity index (χ0) is 27.4. The lowest BCUT2D eigenvalue weighted by Crippen LogP contribution is -2.40. The van der Waals surface area contributed by atoms with Crippen LogP contribution in [-0.2, 0) is 14.8 Å². The molecule has 1 aromatic heterocycles. The zero-order valence-electron chi connectivity index (χ0n) is 22.3. The number of anilines is 1. The fourth-order valence-electron chi connectivity index (χ4n) is 4.62. The highest BCUT2D eigenvalue weighted by molar-refractivity contribution is 7.92. The number of hydrogen-bond acceptors (Lipinski definition) is 4. The van der Waals surface area contributed by atoms with E-state index in [0.717, 1.165) is 32.5 Å². The Hall–Kier alpha value is -4.17. The van der Waals surface area contributed by atoms with E-state index in [-0.39, 0.29) is 4.90 Å². The van der Waals surface area contributed by atoms with Gasteiger partial charge in [-0.2, -0.15) is 5.10 Å². The number of hydrogen-bond donors (Lipinski definition) is 1. The molecule has 4 rings (SSSR count). The van der Waals surface area contributed by atoms with Crippen molar-refractivity contribution in [3.05, 3.63) is 113 Å². The second kappa shape index (κ2) is 11.1. The highest BCUT2D eigenvalue weighted by Gasteiger charge is 2.28. The minimum Gasteiger partial charge on any atom is -0.317 e. The first-order valence-corrected chi connectivity index (χ1v) is 13.8. The van der Waals surface area contributed by atoms with E-state index in [0.29, 0.717) is 5.69 Å². The van der Waals surface area contributed by atoms with Gasteiger partial charge in [0.05, 0.1) is 22.5 Å². The maximum absolute atomic E-state index is 13.5. The molecule has 1 heterocycles. The molecular weight excluding hydrogens is 496 g/mol. The quantitative estimate of drug-likeness (QED) is 0.247. The molecule has 196 valence electrons. The summed E-state index contributed by atoms with van der Waals surface area (Å²) < 4.78 is 30.3. The molecule has 8 heteroatoms. The maximum atomic E-state index is 13.5. The van der Waals surface area contributed by atoms with Gasteiger partial charge in [-0.25, -0.2) is 13.8 Å². The minimum absolute atomic E-state index is 0.110. The number of benzene rings is 3. The molecule has 1 N–H and O–H groups in total. The molecule has 1 amide bonds. The number of hydrazone groups is 1. The lowest BCUT2D eigenvalue weighted by Gasteiger charge is -2.25. The van der Waals surface area contributed by atoms with E-state index < -0.39 is 22.5 Å². The number of rotatable bonds is 8. The summed E-state index contributed by atoms with van der Waals surface area (Å²) in [6.07, 6.45) is 1.59. The summed E-state index contributed by atoms with van der Waals surface area (Å²) in [4.78, 5) is 13.0. The van der Waals surface area contributed by atoms with E-state index in [9.17, 15) is 13.2 Å². The molecule has 0 spiro atoms. The number of sulfonamides is 1. The maximum Gasteiger partial charge on any atom is 0.264 e. The molecule has 0 atom stereocenters. The van der Waals surface area contributed by atoms with Crippen LogP contribution in [0.15, 0.2) is 88.9 Å². The molecule has 0 aliphatic carbocycles. The Morgan fingerprint density at radius 1 is 0.868 bits per heavy atom. The van der Waals surface area contributed by atoms with Crippen molar-refractivity contribution in [2.45, 2.75) is 39.5 Å². The highest BCUT2D eigenvalue weighted by atomic mass is 32.2. The van der Waals surface area contributed by atoms with Gasteiger partial charge >= 0.3 is 0 Å². The van der Waals surface area contributed by atoms with Crippen LogP contribution in [0.4, 0.5) is 5.69 Å². The SMILES string of the molecule is Cc1ccccc1N(CC(=O)N/N=C\c1cc(C)n(-c2c(C)cccc2C)c1C)S(=O)(=O)c1ccccc1. The highest BCUT2D eigenvalue weighted by Crippen LogP contribution is 2.27. The van der Waals surface area contributed by atoms with E-state index in [1.807, 2.05) is 45.0 Å². The van der Waals surface area contributed by atoms with Crippen molar-refractivity contribution in [3.8, 4) is 5.69 Å². The third kappa shape index (κ3) is 5.40. The standard InChI is InChI=1S/C30H32N4O3S/c1-21-12-9-10-17-28(21)33(38(36,37)27-15-7-6-8-16-27)20-29(35)32-31-19-26-18-24(4)34(25(26)5)30-22(2)13-11-14-23(30)3/h6-19H,20H2,1-5H3,(H,32,35)/b31-19-. The van der Waals surface area contributed by atoms with Crippen LogP contribution in [0.1, 0.15) is 33.6 Å². The second-order valence-corrected chi connectivity index (χ2v) is 11.2. The van der Waals surface area contributed by atoms with Crippen LogP contribution in [0, 0.1) is 34.6 Å². The van der Waals surface area contributed by atoms with Gasteiger partial charge in [-0.3, -0.25) is 9.10 Å². The predicted molar refractivity (Wildman–Crippen MR) is 153 cm³/mol. The number of aromatic nitrogens is 1. The summed E-state index contributed by atoms with van der Waals surface area (Å²) in [7, 11) is -3.98. The first-order valence-electron chi connectivity index (χ1n) is 12.3. The number of carbonyl (C=O) groups is 1.